The van der Waals surface area contributed by atoms with Crippen LogP contribution in [0.3, 0.4) is 0 Å². The summed E-state index contributed by atoms with van der Waals surface area (Å²) in [5.74, 6) is 0. The Morgan fingerprint density at radius 1 is 0.741 bits per heavy atom. The van der Waals surface area contributed by atoms with Crippen LogP contribution in [0.15, 0.2) is 12.2 Å². The zero-order chi connectivity index (χ0) is 20.3. The van der Waals surface area contributed by atoms with E-state index in [-0.39, 0.29) is 16.9 Å². The first-order valence-electron chi connectivity index (χ1n) is 11.4. The smallest absolute Gasteiger partial charge is 0.0759 e. The van der Waals surface area contributed by atoms with Crippen molar-refractivity contribution >= 4 is 0 Å². The molecule has 2 heterocycles. The van der Waals surface area contributed by atoms with Crippen molar-refractivity contribution in [1.82, 2.24) is 0 Å². The highest BCUT2D eigenvalue weighted by Crippen LogP contribution is 2.39. The van der Waals surface area contributed by atoms with Gasteiger partial charge in [0, 0.05) is 0 Å². The van der Waals surface area contributed by atoms with Crippen LogP contribution in [0.5, 0.6) is 0 Å². The molecule has 2 nitrogen and oxygen atoms in total. The first-order valence-corrected chi connectivity index (χ1v) is 11.4. The van der Waals surface area contributed by atoms with Crippen LogP contribution >= 0.6 is 0 Å². The van der Waals surface area contributed by atoms with Gasteiger partial charge in [-0.05, 0) is 67.6 Å². The topological polar surface area (TPSA) is 18.5 Å². The summed E-state index contributed by atoms with van der Waals surface area (Å²) in [6.45, 7) is 18.6. The molecule has 158 valence electrons. The Morgan fingerprint density at radius 2 is 1.30 bits per heavy atom. The van der Waals surface area contributed by atoms with Crippen LogP contribution in [-0.2, 0) is 9.47 Å². The number of allylic oxidation sites excluding steroid dienone is 1. The zero-order valence-electron chi connectivity index (χ0n) is 19.4. The summed E-state index contributed by atoms with van der Waals surface area (Å²) in [7, 11) is 0. The van der Waals surface area contributed by atoms with Crippen molar-refractivity contribution in [1.29, 1.82) is 0 Å². The first-order chi connectivity index (χ1) is 12.4. The van der Waals surface area contributed by atoms with E-state index in [4.69, 9.17) is 9.47 Å². The van der Waals surface area contributed by atoms with Crippen molar-refractivity contribution in [2.45, 2.75) is 131 Å². The molecule has 2 saturated heterocycles. The SMILES string of the molecule is CC(C)(C)CC1CCCC(CC2CCCC(/C=C/C(C)(C)C(C)(C)C)O2)O1. The van der Waals surface area contributed by atoms with Crippen molar-refractivity contribution in [2.24, 2.45) is 16.2 Å². The Hall–Kier alpha value is -0.340. The largest absolute Gasteiger partial charge is 0.375 e. The van der Waals surface area contributed by atoms with Crippen LogP contribution in [0, 0.1) is 16.2 Å². The average Bonchev–Trinajstić information content (AvgIpc) is 2.51. The van der Waals surface area contributed by atoms with Gasteiger partial charge >= 0.3 is 0 Å². The van der Waals surface area contributed by atoms with Gasteiger partial charge in [-0.25, -0.2) is 0 Å². The Kier molecular flexibility index (Phi) is 7.64. The molecule has 27 heavy (non-hydrogen) atoms. The van der Waals surface area contributed by atoms with Gasteiger partial charge in [0.2, 0.25) is 0 Å². The molecule has 0 aliphatic carbocycles. The molecule has 0 aromatic carbocycles. The molecule has 2 aliphatic rings. The van der Waals surface area contributed by atoms with E-state index in [1.807, 2.05) is 0 Å². The Morgan fingerprint density at radius 3 is 1.89 bits per heavy atom. The number of ether oxygens (including phenoxy) is 2. The number of hydrogen-bond acceptors (Lipinski definition) is 2. The zero-order valence-corrected chi connectivity index (χ0v) is 19.4. The molecule has 0 saturated carbocycles. The predicted molar refractivity (Wildman–Crippen MR) is 116 cm³/mol. The molecule has 0 amide bonds. The molecular formula is C25H46O2. The molecule has 4 atom stereocenters. The fourth-order valence-corrected chi connectivity index (χ4v) is 4.12. The van der Waals surface area contributed by atoms with Gasteiger partial charge in [-0.2, -0.15) is 0 Å². The third-order valence-corrected chi connectivity index (χ3v) is 6.85. The van der Waals surface area contributed by atoms with Gasteiger partial charge in [0.15, 0.2) is 0 Å². The summed E-state index contributed by atoms with van der Waals surface area (Å²) in [6.07, 6.45) is 15.8. The van der Waals surface area contributed by atoms with Crippen LogP contribution in [0.1, 0.15) is 107 Å². The summed E-state index contributed by atoms with van der Waals surface area (Å²) in [5.41, 5.74) is 0.787. The minimum atomic E-state index is 0.177. The Labute approximate surface area is 169 Å². The van der Waals surface area contributed by atoms with E-state index in [2.05, 4.69) is 67.5 Å². The Bertz CT molecular complexity index is 478. The lowest BCUT2D eigenvalue weighted by Crippen LogP contribution is -2.36. The summed E-state index contributed by atoms with van der Waals surface area (Å²) in [4.78, 5) is 0. The lowest BCUT2D eigenvalue weighted by molar-refractivity contribution is -0.105. The van der Waals surface area contributed by atoms with Crippen LogP contribution in [0.25, 0.3) is 0 Å². The second-order valence-electron chi connectivity index (χ2n) is 11.9. The molecule has 0 bridgehead atoms. The predicted octanol–water partition coefficient (Wildman–Crippen LogP) is 7.32. The van der Waals surface area contributed by atoms with Crippen molar-refractivity contribution in [2.75, 3.05) is 0 Å². The summed E-state index contributed by atoms with van der Waals surface area (Å²) < 4.78 is 12.9. The molecule has 2 fully saturated rings. The van der Waals surface area contributed by atoms with E-state index in [0.717, 1.165) is 12.8 Å². The molecule has 0 spiro atoms. The normalized spacial score (nSPS) is 31.4. The van der Waals surface area contributed by atoms with Crippen LogP contribution in [-0.4, -0.2) is 24.4 Å². The van der Waals surface area contributed by atoms with Gasteiger partial charge in [0.25, 0.3) is 0 Å². The third-order valence-electron chi connectivity index (χ3n) is 6.85. The van der Waals surface area contributed by atoms with E-state index < -0.39 is 0 Å². The molecule has 2 aliphatic heterocycles. The van der Waals surface area contributed by atoms with Gasteiger partial charge in [0.1, 0.15) is 0 Å². The van der Waals surface area contributed by atoms with E-state index in [0.29, 0.717) is 23.7 Å². The molecule has 0 radical (unpaired) electrons. The maximum Gasteiger partial charge on any atom is 0.0759 e. The fraction of sp³-hybridized carbons (Fsp3) is 0.920. The van der Waals surface area contributed by atoms with Crippen LogP contribution in [0.2, 0.25) is 0 Å². The fourth-order valence-electron chi connectivity index (χ4n) is 4.12. The van der Waals surface area contributed by atoms with Gasteiger partial charge in [0.05, 0.1) is 24.4 Å². The van der Waals surface area contributed by atoms with Gasteiger partial charge < -0.3 is 9.47 Å². The standard InChI is InChI=1S/C25H46O2/c1-23(2,3)18-22-14-10-13-21(27-22)17-20-12-9-11-19(26-20)15-16-25(7,8)24(4,5)6/h15-16,19-22H,9-14,17-18H2,1-8H3/b16-15+. The van der Waals surface area contributed by atoms with Crippen molar-refractivity contribution in [3.05, 3.63) is 12.2 Å². The van der Waals surface area contributed by atoms with Crippen LogP contribution < -0.4 is 0 Å². The monoisotopic (exact) mass is 378 g/mol. The molecule has 4 unspecified atom stereocenters. The maximum absolute atomic E-state index is 6.47. The molecule has 2 rings (SSSR count). The maximum atomic E-state index is 6.47. The van der Waals surface area contributed by atoms with E-state index in [1.54, 1.807) is 0 Å². The molecular weight excluding hydrogens is 332 g/mol. The lowest BCUT2D eigenvalue weighted by atomic mass is 9.69. The minimum Gasteiger partial charge on any atom is -0.375 e. The highest BCUT2D eigenvalue weighted by molar-refractivity contribution is 5.04. The molecule has 0 N–H and O–H groups in total. The van der Waals surface area contributed by atoms with Crippen molar-refractivity contribution in [3.63, 3.8) is 0 Å². The van der Waals surface area contributed by atoms with Gasteiger partial charge in [-0.3, -0.25) is 0 Å². The Balaban J connectivity index is 1.85. The average molecular weight is 379 g/mol. The minimum absolute atomic E-state index is 0.177. The highest BCUT2D eigenvalue weighted by atomic mass is 16.5. The van der Waals surface area contributed by atoms with Gasteiger partial charge in [-0.15, -0.1) is 0 Å². The molecule has 0 aromatic heterocycles. The third kappa shape index (κ3) is 7.54. The van der Waals surface area contributed by atoms with Crippen molar-refractivity contribution < 1.29 is 9.47 Å². The van der Waals surface area contributed by atoms with E-state index >= 15 is 0 Å². The summed E-state index contributed by atoms with van der Waals surface area (Å²) in [5, 5.41) is 0. The van der Waals surface area contributed by atoms with Crippen molar-refractivity contribution in [3.8, 4) is 0 Å². The number of rotatable bonds is 5. The van der Waals surface area contributed by atoms with Gasteiger partial charge in [-0.1, -0.05) is 67.5 Å². The first kappa shape index (κ1) is 22.9. The number of hydrogen-bond donors (Lipinski definition) is 0. The highest BCUT2D eigenvalue weighted by Gasteiger charge is 2.32. The summed E-state index contributed by atoms with van der Waals surface area (Å²) in [6, 6.07) is 0. The molecule has 0 aromatic rings. The summed E-state index contributed by atoms with van der Waals surface area (Å²) >= 11 is 0. The second-order valence-corrected chi connectivity index (χ2v) is 11.9. The van der Waals surface area contributed by atoms with Crippen LogP contribution in [0.4, 0.5) is 0 Å². The van der Waals surface area contributed by atoms with E-state index in [1.165, 1.54) is 38.5 Å². The second kappa shape index (κ2) is 8.99. The lowest BCUT2D eigenvalue weighted by Gasteiger charge is -2.38. The quantitative estimate of drug-likeness (QED) is 0.467. The molecule has 2 heteroatoms. The van der Waals surface area contributed by atoms with E-state index in [9.17, 15) is 0 Å².